The molecule has 0 aliphatic heterocycles. The monoisotopic (exact) mass is 284 g/mol. The summed E-state index contributed by atoms with van der Waals surface area (Å²) in [6, 6.07) is 5.28. The van der Waals surface area contributed by atoms with Crippen LogP contribution in [0.4, 0.5) is 0 Å². The van der Waals surface area contributed by atoms with Gasteiger partial charge in [0, 0.05) is 30.1 Å². The van der Waals surface area contributed by atoms with E-state index in [1.54, 1.807) is 24.1 Å². The normalized spacial score (nSPS) is 12.0. The van der Waals surface area contributed by atoms with Gasteiger partial charge in [0.05, 0.1) is 4.99 Å². The summed E-state index contributed by atoms with van der Waals surface area (Å²) < 4.78 is 0. The maximum absolute atomic E-state index is 12.1. The maximum Gasteiger partial charge on any atom is 0.253 e. The van der Waals surface area contributed by atoms with Crippen LogP contribution in [-0.2, 0) is 0 Å². The van der Waals surface area contributed by atoms with Gasteiger partial charge >= 0.3 is 0 Å². The van der Waals surface area contributed by atoms with Gasteiger partial charge in [-0.05, 0) is 24.6 Å². The minimum absolute atomic E-state index is 0.00475. The predicted octanol–water partition coefficient (Wildman–Crippen LogP) is 2.64. The number of hydrogen-bond acceptors (Lipinski definition) is 2. The minimum atomic E-state index is -0.0833. The molecule has 18 heavy (non-hydrogen) atoms. The van der Waals surface area contributed by atoms with Gasteiger partial charge in [0.2, 0.25) is 0 Å². The highest BCUT2D eigenvalue weighted by atomic mass is 35.5. The number of amides is 1. The lowest BCUT2D eigenvalue weighted by Gasteiger charge is -2.21. The molecule has 0 heterocycles. The van der Waals surface area contributed by atoms with E-state index in [0.717, 1.165) is 5.56 Å². The Morgan fingerprint density at radius 2 is 2.17 bits per heavy atom. The van der Waals surface area contributed by atoms with Crippen molar-refractivity contribution in [1.82, 2.24) is 4.90 Å². The first kappa shape index (κ1) is 14.9. The SMILES string of the molecule is Cc1ccc(C(=O)N(C)CC(C)C(N)=S)cc1Cl. The zero-order chi connectivity index (χ0) is 13.9. The molecule has 2 N–H and O–H groups in total. The second-order valence-corrected chi connectivity index (χ2v) is 5.33. The van der Waals surface area contributed by atoms with Gasteiger partial charge in [-0.1, -0.05) is 36.8 Å². The summed E-state index contributed by atoms with van der Waals surface area (Å²) in [5.74, 6) is -0.0881. The van der Waals surface area contributed by atoms with Crippen molar-refractivity contribution >= 4 is 34.7 Å². The standard InChI is InChI=1S/C13H17ClN2OS/c1-8-4-5-10(6-11(8)14)13(17)16(3)7-9(2)12(15)18/h4-6,9H,7H2,1-3H3,(H2,15,18). The molecule has 0 aliphatic carbocycles. The zero-order valence-corrected chi connectivity index (χ0v) is 12.3. The van der Waals surface area contributed by atoms with Crippen molar-refractivity contribution < 1.29 is 4.79 Å². The predicted molar refractivity (Wildman–Crippen MR) is 79.1 cm³/mol. The number of hydrogen-bond donors (Lipinski definition) is 1. The van der Waals surface area contributed by atoms with Crippen LogP contribution in [-0.4, -0.2) is 29.4 Å². The largest absolute Gasteiger partial charge is 0.393 e. The average Bonchev–Trinajstić information content (AvgIpc) is 2.31. The van der Waals surface area contributed by atoms with E-state index in [9.17, 15) is 4.79 Å². The minimum Gasteiger partial charge on any atom is -0.393 e. The molecular weight excluding hydrogens is 268 g/mol. The maximum atomic E-state index is 12.1. The molecule has 1 aromatic carbocycles. The number of nitrogens with two attached hydrogens (primary N) is 1. The zero-order valence-electron chi connectivity index (χ0n) is 10.7. The number of benzene rings is 1. The van der Waals surface area contributed by atoms with E-state index in [-0.39, 0.29) is 11.8 Å². The fourth-order valence-corrected chi connectivity index (χ4v) is 1.79. The van der Waals surface area contributed by atoms with Crippen molar-refractivity contribution in [2.24, 2.45) is 11.7 Å². The van der Waals surface area contributed by atoms with Gasteiger partial charge < -0.3 is 10.6 Å². The van der Waals surface area contributed by atoms with E-state index in [0.29, 0.717) is 22.1 Å². The Kier molecular flexibility index (Phi) is 5.11. The second-order valence-electron chi connectivity index (χ2n) is 4.45. The van der Waals surface area contributed by atoms with Gasteiger partial charge in [-0.25, -0.2) is 0 Å². The van der Waals surface area contributed by atoms with E-state index in [1.165, 1.54) is 0 Å². The molecule has 1 atom stereocenters. The highest BCUT2D eigenvalue weighted by Crippen LogP contribution is 2.17. The number of nitrogens with zero attached hydrogens (tertiary/aromatic N) is 1. The van der Waals surface area contributed by atoms with Gasteiger partial charge in [0.1, 0.15) is 0 Å². The third-order valence-electron chi connectivity index (χ3n) is 2.80. The third kappa shape index (κ3) is 3.68. The summed E-state index contributed by atoms with van der Waals surface area (Å²) in [6.45, 7) is 4.29. The molecule has 0 aliphatic rings. The molecule has 0 radical (unpaired) electrons. The molecule has 1 aromatic rings. The summed E-state index contributed by atoms with van der Waals surface area (Å²) >= 11 is 10.9. The highest BCUT2D eigenvalue weighted by molar-refractivity contribution is 7.80. The molecule has 0 aromatic heterocycles. The van der Waals surface area contributed by atoms with Crippen LogP contribution < -0.4 is 5.73 Å². The average molecular weight is 285 g/mol. The molecule has 3 nitrogen and oxygen atoms in total. The molecule has 0 bridgehead atoms. The van der Waals surface area contributed by atoms with Crippen LogP contribution in [0.25, 0.3) is 0 Å². The first-order chi connectivity index (χ1) is 8.32. The Morgan fingerprint density at radius 3 is 2.67 bits per heavy atom. The molecule has 98 valence electrons. The van der Waals surface area contributed by atoms with Crippen molar-refractivity contribution in [2.45, 2.75) is 13.8 Å². The van der Waals surface area contributed by atoms with Gasteiger partial charge in [-0.3, -0.25) is 4.79 Å². The van der Waals surface area contributed by atoms with Crippen molar-refractivity contribution in [3.63, 3.8) is 0 Å². The fraction of sp³-hybridized carbons (Fsp3) is 0.385. The van der Waals surface area contributed by atoms with Crippen molar-refractivity contribution in [3.8, 4) is 0 Å². The summed E-state index contributed by atoms with van der Waals surface area (Å²) in [5, 5.41) is 0.594. The van der Waals surface area contributed by atoms with E-state index >= 15 is 0 Å². The Bertz CT molecular complexity index is 476. The number of thiocarbonyl (C=S) groups is 1. The molecule has 0 spiro atoms. The Hall–Kier alpha value is -1.13. The third-order valence-corrected chi connectivity index (χ3v) is 3.61. The van der Waals surface area contributed by atoms with Crippen LogP contribution in [0.5, 0.6) is 0 Å². The van der Waals surface area contributed by atoms with Gasteiger partial charge in [0.15, 0.2) is 0 Å². The van der Waals surface area contributed by atoms with Gasteiger partial charge in [-0.2, -0.15) is 0 Å². The Morgan fingerprint density at radius 1 is 1.56 bits per heavy atom. The summed E-state index contributed by atoms with van der Waals surface area (Å²) in [5.41, 5.74) is 7.06. The lowest BCUT2D eigenvalue weighted by molar-refractivity contribution is 0.0787. The Labute approximate surface area is 118 Å². The number of aryl methyl sites for hydroxylation is 1. The molecular formula is C13H17ClN2OS. The van der Waals surface area contributed by atoms with Crippen LogP contribution in [0.2, 0.25) is 5.02 Å². The van der Waals surface area contributed by atoms with Crippen LogP contribution >= 0.6 is 23.8 Å². The van der Waals surface area contributed by atoms with Crippen molar-refractivity contribution in [2.75, 3.05) is 13.6 Å². The van der Waals surface area contributed by atoms with E-state index in [2.05, 4.69) is 0 Å². The quantitative estimate of drug-likeness (QED) is 0.865. The summed E-state index contributed by atoms with van der Waals surface area (Å²) in [6.07, 6.45) is 0. The summed E-state index contributed by atoms with van der Waals surface area (Å²) in [4.78, 5) is 14.2. The number of halogens is 1. The van der Waals surface area contributed by atoms with Crippen LogP contribution in [0.1, 0.15) is 22.8 Å². The topological polar surface area (TPSA) is 46.3 Å². The highest BCUT2D eigenvalue weighted by Gasteiger charge is 2.16. The first-order valence-electron chi connectivity index (χ1n) is 5.64. The lowest BCUT2D eigenvalue weighted by atomic mass is 10.1. The smallest absolute Gasteiger partial charge is 0.253 e. The molecule has 5 heteroatoms. The molecule has 1 unspecified atom stereocenters. The van der Waals surface area contributed by atoms with E-state index in [4.69, 9.17) is 29.6 Å². The van der Waals surface area contributed by atoms with Gasteiger partial charge in [-0.15, -0.1) is 0 Å². The molecule has 1 amide bonds. The van der Waals surface area contributed by atoms with Crippen molar-refractivity contribution in [3.05, 3.63) is 34.3 Å². The van der Waals surface area contributed by atoms with Crippen molar-refractivity contribution in [1.29, 1.82) is 0 Å². The van der Waals surface area contributed by atoms with Gasteiger partial charge in [0.25, 0.3) is 5.91 Å². The molecule has 0 saturated heterocycles. The second kappa shape index (κ2) is 6.16. The summed E-state index contributed by atoms with van der Waals surface area (Å²) in [7, 11) is 1.73. The lowest BCUT2D eigenvalue weighted by Crippen LogP contribution is -2.35. The van der Waals surface area contributed by atoms with Crippen LogP contribution in [0.3, 0.4) is 0 Å². The molecule has 0 fully saturated rings. The fourth-order valence-electron chi connectivity index (χ4n) is 1.53. The molecule has 1 rings (SSSR count). The van der Waals surface area contributed by atoms with Crippen LogP contribution in [0.15, 0.2) is 18.2 Å². The number of rotatable bonds is 4. The molecule has 0 saturated carbocycles. The Balaban J connectivity index is 2.80. The van der Waals surface area contributed by atoms with Crippen LogP contribution in [0, 0.1) is 12.8 Å². The van der Waals surface area contributed by atoms with E-state index in [1.807, 2.05) is 19.9 Å². The first-order valence-corrected chi connectivity index (χ1v) is 6.42. The van der Waals surface area contributed by atoms with E-state index < -0.39 is 0 Å². The number of carbonyl (C=O) groups is 1. The number of carbonyl (C=O) groups excluding carboxylic acids is 1.